The van der Waals surface area contributed by atoms with Crippen LogP contribution in [0, 0.1) is 0 Å². The van der Waals surface area contributed by atoms with Gasteiger partial charge in [-0.05, 0) is 18.6 Å². The van der Waals surface area contributed by atoms with Crippen molar-refractivity contribution in [3.05, 3.63) is 41.5 Å². The number of anilines is 1. The molecule has 2 aromatic rings. The van der Waals surface area contributed by atoms with E-state index >= 15 is 0 Å². The van der Waals surface area contributed by atoms with E-state index in [2.05, 4.69) is 32.9 Å². The first kappa shape index (κ1) is 12.7. The zero-order chi connectivity index (χ0) is 13.9. The average molecular weight is 272 g/mol. The number of carbonyl (C=O) groups is 1. The van der Waals surface area contributed by atoms with Crippen molar-refractivity contribution in [2.75, 3.05) is 18.4 Å². The van der Waals surface area contributed by atoms with E-state index in [4.69, 9.17) is 4.52 Å². The average Bonchev–Trinajstić information content (AvgIpc) is 3.08. The standard InChI is InChI=1S/C14H16N4O2/c1-2-15-14(19)13-17-12(20-18-13)7-9-8-16-11-6-4-3-5-10(9)11/h3-6,9,16H,2,7-8H2,1H3,(H,15,19). The van der Waals surface area contributed by atoms with Crippen LogP contribution < -0.4 is 10.6 Å². The van der Waals surface area contributed by atoms with Gasteiger partial charge in [0.05, 0.1) is 0 Å². The molecule has 1 atom stereocenters. The van der Waals surface area contributed by atoms with Crippen LogP contribution in [0.4, 0.5) is 5.69 Å². The van der Waals surface area contributed by atoms with Gasteiger partial charge >= 0.3 is 0 Å². The van der Waals surface area contributed by atoms with Crippen molar-refractivity contribution in [1.29, 1.82) is 0 Å². The molecule has 0 saturated carbocycles. The van der Waals surface area contributed by atoms with E-state index in [1.54, 1.807) is 0 Å². The summed E-state index contributed by atoms with van der Waals surface area (Å²) in [5, 5.41) is 9.71. The normalized spacial score (nSPS) is 16.6. The Kier molecular flexibility index (Phi) is 3.37. The zero-order valence-corrected chi connectivity index (χ0v) is 11.2. The fraction of sp³-hybridized carbons (Fsp3) is 0.357. The maximum Gasteiger partial charge on any atom is 0.292 e. The van der Waals surface area contributed by atoms with E-state index in [0.717, 1.165) is 12.2 Å². The van der Waals surface area contributed by atoms with Crippen molar-refractivity contribution in [3.8, 4) is 0 Å². The summed E-state index contributed by atoms with van der Waals surface area (Å²) >= 11 is 0. The monoisotopic (exact) mass is 272 g/mol. The summed E-state index contributed by atoms with van der Waals surface area (Å²) < 4.78 is 5.16. The largest absolute Gasteiger partial charge is 0.384 e. The van der Waals surface area contributed by atoms with Crippen molar-refractivity contribution in [1.82, 2.24) is 15.5 Å². The van der Waals surface area contributed by atoms with Crippen LogP contribution in [0.1, 0.15) is 34.9 Å². The number of hydrogen-bond acceptors (Lipinski definition) is 5. The molecule has 0 bridgehead atoms. The molecule has 1 aliphatic heterocycles. The first-order chi connectivity index (χ1) is 9.78. The number of nitrogens with one attached hydrogen (secondary N) is 2. The molecule has 2 N–H and O–H groups in total. The molecule has 0 aliphatic carbocycles. The molecule has 0 saturated heterocycles. The summed E-state index contributed by atoms with van der Waals surface area (Å²) in [7, 11) is 0. The van der Waals surface area contributed by atoms with Crippen molar-refractivity contribution >= 4 is 11.6 Å². The van der Waals surface area contributed by atoms with E-state index in [-0.39, 0.29) is 11.7 Å². The third-order valence-electron chi connectivity index (χ3n) is 3.37. The summed E-state index contributed by atoms with van der Waals surface area (Å²) in [6.45, 7) is 3.24. The fourth-order valence-corrected chi connectivity index (χ4v) is 2.42. The Morgan fingerprint density at radius 2 is 2.35 bits per heavy atom. The lowest BCUT2D eigenvalue weighted by molar-refractivity contribution is 0.0942. The molecule has 1 amide bonds. The number of nitrogens with zero attached hydrogens (tertiary/aromatic N) is 2. The molecule has 2 heterocycles. The van der Waals surface area contributed by atoms with Gasteiger partial charge in [0.1, 0.15) is 0 Å². The van der Waals surface area contributed by atoms with Crippen LogP contribution in [0.5, 0.6) is 0 Å². The van der Waals surface area contributed by atoms with E-state index in [0.29, 0.717) is 24.8 Å². The molecule has 20 heavy (non-hydrogen) atoms. The number of carbonyl (C=O) groups excluding carboxylic acids is 1. The molecule has 3 rings (SSSR count). The lowest BCUT2D eigenvalue weighted by Crippen LogP contribution is -2.23. The molecule has 1 aliphatic rings. The van der Waals surface area contributed by atoms with Crippen LogP contribution >= 0.6 is 0 Å². The zero-order valence-electron chi connectivity index (χ0n) is 11.2. The number of aromatic nitrogens is 2. The molecule has 6 nitrogen and oxygen atoms in total. The summed E-state index contributed by atoms with van der Waals surface area (Å²) in [6, 6.07) is 8.19. The summed E-state index contributed by atoms with van der Waals surface area (Å²) in [4.78, 5) is 15.7. The van der Waals surface area contributed by atoms with E-state index in [1.807, 2.05) is 19.1 Å². The Morgan fingerprint density at radius 1 is 1.50 bits per heavy atom. The van der Waals surface area contributed by atoms with Gasteiger partial charge in [-0.3, -0.25) is 4.79 Å². The number of benzene rings is 1. The Balaban J connectivity index is 1.72. The van der Waals surface area contributed by atoms with Crippen LogP contribution in [0.25, 0.3) is 0 Å². The maximum atomic E-state index is 11.6. The smallest absolute Gasteiger partial charge is 0.292 e. The molecule has 0 spiro atoms. The minimum atomic E-state index is -0.299. The Morgan fingerprint density at radius 3 is 3.20 bits per heavy atom. The van der Waals surface area contributed by atoms with E-state index in [1.165, 1.54) is 5.56 Å². The van der Waals surface area contributed by atoms with Gasteiger partial charge in [0.2, 0.25) is 5.89 Å². The van der Waals surface area contributed by atoms with Gasteiger partial charge in [0.25, 0.3) is 11.7 Å². The number of amides is 1. The van der Waals surface area contributed by atoms with Gasteiger partial charge in [-0.15, -0.1) is 0 Å². The molecule has 0 radical (unpaired) electrons. The predicted octanol–water partition coefficient (Wildman–Crippen LogP) is 1.57. The van der Waals surface area contributed by atoms with Crippen LogP contribution in [0.15, 0.2) is 28.8 Å². The van der Waals surface area contributed by atoms with Gasteiger partial charge in [-0.1, -0.05) is 23.4 Å². The van der Waals surface area contributed by atoms with Crippen LogP contribution in [0.3, 0.4) is 0 Å². The molecular formula is C14H16N4O2. The van der Waals surface area contributed by atoms with E-state index in [9.17, 15) is 4.79 Å². The summed E-state index contributed by atoms with van der Waals surface area (Å²) in [6.07, 6.45) is 0.635. The topological polar surface area (TPSA) is 80.0 Å². The van der Waals surface area contributed by atoms with Crippen molar-refractivity contribution in [2.45, 2.75) is 19.3 Å². The van der Waals surface area contributed by atoms with Gasteiger partial charge in [-0.25, -0.2) is 0 Å². The summed E-state index contributed by atoms with van der Waals surface area (Å²) in [5.74, 6) is 0.594. The van der Waals surface area contributed by atoms with Crippen molar-refractivity contribution in [3.63, 3.8) is 0 Å². The van der Waals surface area contributed by atoms with Gasteiger partial charge in [-0.2, -0.15) is 4.98 Å². The Bertz CT molecular complexity index is 623. The second-order valence-corrected chi connectivity index (χ2v) is 4.74. The second kappa shape index (κ2) is 5.32. The molecule has 6 heteroatoms. The van der Waals surface area contributed by atoms with Gasteiger partial charge in [0.15, 0.2) is 0 Å². The third-order valence-corrected chi connectivity index (χ3v) is 3.37. The van der Waals surface area contributed by atoms with Gasteiger partial charge < -0.3 is 15.2 Å². The minimum absolute atomic E-state index is 0.0982. The van der Waals surface area contributed by atoms with Crippen molar-refractivity contribution in [2.24, 2.45) is 0 Å². The van der Waals surface area contributed by atoms with Crippen LogP contribution in [0.2, 0.25) is 0 Å². The number of rotatable bonds is 4. The number of fused-ring (bicyclic) bond motifs is 1. The molecule has 0 fully saturated rings. The van der Waals surface area contributed by atoms with Crippen molar-refractivity contribution < 1.29 is 9.32 Å². The SMILES string of the molecule is CCNC(=O)c1noc(CC2CNc3ccccc32)n1. The van der Waals surface area contributed by atoms with Crippen LogP contribution in [-0.2, 0) is 6.42 Å². The molecule has 1 aromatic heterocycles. The lowest BCUT2D eigenvalue weighted by Gasteiger charge is -2.05. The summed E-state index contributed by atoms with van der Waals surface area (Å²) in [5.41, 5.74) is 2.41. The first-order valence-electron chi connectivity index (χ1n) is 6.71. The molecule has 104 valence electrons. The molecular weight excluding hydrogens is 256 g/mol. The quantitative estimate of drug-likeness (QED) is 0.883. The van der Waals surface area contributed by atoms with Crippen LogP contribution in [-0.4, -0.2) is 29.1 Å². The highest BCUT2D eigenvalue weighted by atomic mass is 16.5. The maximum absolute atomic E-state index is 11.6. The number of para-hydroxylation sites is 1. The van der Waals surface area contributed by atoms with E-state index < -0.39 is 0 Å². The highest BCUT2D eigenvalue weighted by molar-refractivity contribution is 5.90. The Labute approximate surface area is 116 Å². The highest BCUT2D eigenvalue weighted by Gasteiger charge is 2.24. The van der Waals surface area contributed by atoms with Gasteiger partial charge in [0, 0.05) is 31.1 Å². The lowest BCUT2D eigenvalue weighted by atomic mass is 9.98. The number of hydrogen-bond donors (Lipinski definition) is 2. The Hall–Kier alpha value is -2.37. The predicted molar refractivity (Wildman–Crippen MR) is 73.7 cm³/mol. The molecule has 1 aromatic carbocycles. The first-order valence-corrected chi connectivity index (χ1v) is 6.71. The minimum Gasteiger partial charge on any atom is -0.384 e. The molecule has 1 unspecified atom stereocenters. The second-order valence-electron chi connectivity index (χ2n) is 4.74. The highest BCUT2D eigenvalue weighted by Crippen LogP contribution is 2.32. The fourth-order valence-electron chi connectivity index (χ4n) is 2.42. The third kappa shape index (κ3) is 2.36.